The Balaban J connectivity index is 1.86. The van der Waals surface area contributed by atoms with E-state index in [1.165, 1.54) is 18.4 Å². The molecule has 0 saturated heterocycles. The monoisotopic (exact) mass is 255 g/mol. The maximum atomic E-state index is 6.03. The van der Waals surface area contributed by atoms with Gasteiger partial charge in [0.15, 0.2) is 0 Å². The van der Waals surface area contributed by atoms with Crippen molar-refractivity contribution in [3.8, 4) is 0 Å². The van der Waals surface area contributed by atoms with Crippen LogP contribution in [0.5, 0.6) is 0 Å². The van der Waals surface area contributed by atoms with Gasteiger partial charge in [0.25, 0.3) is 0 Å². The maximum absolute atomic E-state index is 6.03. The lowest BCUT2D eigenvalue weighted by atomic mass is 10.1. The highest BCUT2D eigenvalue weighted by Gasteiger charge is 2.30. The Labute approximate surface area is 107 Å². The molecule has 1 aliphatic carbocycles. The van der Waals surface area contributed by atoms with E-state index >= 15 is 0 Å². The third-order valence-electron chi connectivity index (χ3n) is 3.42. The summed E-state index contributed by atoms with van der Waals surface area (Å²) in [5.74, 6) is 1.72. The van der Waals surface area contributed by atoms with Crippen LogP contribution in [0.3, 0.4) is 0 Å². The van der Waals surface area contributed by atoms with Crippen molar-refractivity contribution < 1.29 is 0 Å². The van der Waals surface area contributed by atoms with E-state index in [0.29, 0.717) is 12.0 Å². The van der Waals surface area contributed by atoms with E-state index in [0.717, 1.165) is 16.0 Å². The van der Waals surface area contributed by atoms with Crippen LogP contribution >= 0.6 is 23.4 Å². The van der Waals surface area contributed by atoms with Crippen molar-refractivity contribution in [3.05, 3.63) is 34.9 Å². The first-order valence-corrected chi connectivity index (χ1v) is 7.21. The van der Waals surface area contributed by atoms with Crippen LogP contribution in [0.2, 0.25) is 5.02 Å². The van der Waals surface area contributed by atoms with Crippen LogP contribution in [0.25, 0.3) is 0 Å². The van der Waals surface area contributed by atoms with E-state index in [1.54, 1.807) is 0 Å². The molecule has 1 aliphatic rings. The van der Waals surface area contributed by atoms with Gasteiger partial charge in [-0.05, 0) is 36.5 Å². The standard InChI is InChI=1S/C13H18ClNS/c1-9-12(15)6-7-13(9)16-8-10-2-4-11(14)5-3-10/h2-5,9,12-13H,6-8,15H2,1H3. The number of benzene rings is 1. The molecular formula is C13H18ClNS. The van der Waals surface area contributed by atoms with Gasteiger partial charge < -0.3 is 5.73 Å². The summed E-state index contributed by atoms with van der Waals surface area (Å²) in [5, 5.41) is 1.54. The lowest BCUT2D eigenvalue weighted by Crippen LogP contribution is -2.26. The molecule has 0 spiro atoms. The smallest absolute Gasteiger partial charge is 0.0406 e. The molecule has 0 bridgehead atoms. The zero-order valence-electron chi connectivity index (χ0n) is 9.53. The molecule has 2 N–H and O–H groups in total. The summed E-state index contributed by atoms with van der Waals surface area (Å²) in [7, 11) is 0. The predicted molar refractivity (Wildman–Crippen MR) is 72.9 cm³/mol. The van der Waals surface area contributed by atoms with Crippen LogP contribution < -0.4 is 5.73 Å². The van der Waals surface area contributed by atoms with Crippen LogP contribution in [-0.4, -0.2) is 11.3 Å². The van der Waals surface area contributed by atoms with Crippen molar-refractivity contribution in [2.24, 2.45) is 11.7 Å². The molecule has 0 radical (unpaired) electrons. The number of hydrogen-bond acceptors (Lipinski definition) is 2. The second kappa shape index (κ2) is 5.44. The molecule has 3 unspecified atom stereocenters. The fraction of sp³-hybridized carbons (Fsp3) is 0.538. The predicted octanol–water partition coefficient (Wildman–Crippen LogP) is 3.70. The number of hydrogen-bond donors (Lipinski definition) is 1. The number of nitrogens with two attached hydrogens (primary N) is 1. The topological polar surface area (TPSA) is 26.0 Å². The summed E-state index contributed by atoms with van der Waals surface area (Å²) >= 11 is 7.89. The van der Waals surface area contributed by atoms with Crippen LogP contribution in [-0.2, 0) is 5.75 Å². The lowest BCUT2D eigenvalue weighted by molar-refractivity contribution is 0.535. The van der Waals surface area contributed by atoms with Gasteiger partial charge in [0.1, 0.15) is 0 Å². The first-order valence-electron chi connectivity index (χ1n) is 5.78. The summed E-state index contributed by atoms with van der Waals surface area (Å²) < 4.78 is 0. The molecule has 16 heavy (non-hydrogen) atoms. The molecule has 1 fully saturated rings. The highest BCUT2D eigenvalue weighted by Crippen LogP contribution is 2.35. The van der Waals surface area contributed by atoms with Crippen LogP contribution in [0.4, 0.5) is 0 Å². The van der Waals surface area contributed by atoms with Crippen molar-refractivity contribution in [1.82, 2.24) is 0 Å². The first kappa shape index (κ1) is 12.3. The minimum absolute atomic E-state index is 0.405. The fourth-order valence-electron chi connectivity index (χ4n) is 2.18. The largest absolute Gasteiger partial charge is 0.327 e. The summed E-state index contributed by atoms with van der Waals surface area (Å²) in [6, 6.07) is 8.54. The van der Waals surface area contributed by atoms with Gasteiger partial charge in [0.2, 0.25) is 0 Å². The second-order valence-corrected chi connectivity index (χ2v) is 6.24. The van der Waals surface area contributed by atoms with Gasteiger partial charge in [-0.3, -0.25) is 0 Å². The summed E-state index contributed by atoms with van der Waals surface area (Å²) in [5.41, 5.74) is 7.38. The van der Waals surface area contributed by atoms with E-state index < -0.39 is 0 Å². The third kappa shape index (κ3) is 2.93. The molecule has 0 amide bonds. The number of halogens is 1. The zero-order valence-corrected chi connectivity index (χ0v) is 11.1. The molecule has 88 valence electrons. The normalized spacial score (nSPS) is 29.6. The Morgan fingerprint density at radius 3 is 2.56 bits per heavy atom. The Bertz CT molecular complexity index is 338. The zero-order chi connectivity index (χ0) is 11.5. The van der Waals surface area contributed by atoms with Gasteiger partial charge in [0, 0.05) is 22.1 Å². The molecule has 0 aromatic heterocycles. The summed E-state index contributed by atoms with van der Waals surface area (Å²) in [4.78, 5) is 0. The van der Waals surface area contributed by atoms with Crippen LogP contribution in [0.1, 0.15) is 25.3 Å². The molecule has 0 aliphatic heterocycles. The molecule has 2 rings (SSSR count). The van der Waals surface area contributed by atoms with Crippen molar-refractivity contribution in [1.29, 1.82) is 0 Å². The minimum atomic E-state index is 0.405. The molecule has 3 atom stereocenters. The van der Waals surface area contributed by atoms with Crippen molar-refractivity contribution in [2.45, 2.75) is 36.8 Å². The van der Waals surface area contributed by atoms with E-state index in [2.05, 4.69) is 19.1 Å². The third-order valence-corrected chi connectivity index (χ3v) is 5.27. The van der Waals surface area contributed by atoms with Crippen LogP contribution in [0, 0.1) is 5.92 Å². The molecule has 1 aromatic carbocycles. The van der Waals surface area contributed by atoms with E-state index in [9.17, 15) is 0 Å². The highest BCUT2D eigenvalue weighted by molar-refractivity contribution is 7.99. The maximum Gasteiger partial charge on any atom is 0.0406 e. The van der Waals surface area contributed by atoms with Gasteiger partial charge in [-0.15, -0.1) is 0 Å². The second-order valence-electron chi connectivity index (χ2n) is 4.58. The van der Waals surface area contributed by atoms with E-state index in [4.69, 9.17) is 17.3 Å². The SMILES string of the molecule is CC1C(N)CCC1SCc1ccc(Cl)cc1. The number of rotatable bonds is 3. The first-order chi connectivity index (χ1) is 7.66. The van der Waals surface area contributed by atoms with Crippen molar-refractivity contribution in [3.63, 3.8) is 0 Å². The van der Waals surface area contributed by atoms with Crippen LogP contribution in [0.15, 0.2) is 24.3 Å². The summed E-state index contributed by atoms with van der Waals surface area (Å²) in [6.07, 6.45) is 2.44. The molecule has 1 aromatic rings. The Morgan fingerprint density at radius 1 is 1.31 bits per heavy atom. The molecular weight excluding hydrogens is 238 g/mol. The van der Waals surface area contributed by atoms with Gasteiger partial charge in [-0.25, -0.2) is 0 Å². The molecule has 0 heterocycles. The van der Waals surface area contributed by atoms with E-state index in [1.807, 2.05) is 23.9 Å². The quantitative estimate of drug-likeness (QED) is 0.891. The average Bonchev–Trinajstić information content (AvgIpc) is 2.60. The Hall–Kier alpha value is -0.180. The number of thioether (sulfide) groups is 1. The van der Waals surface area contributed by atoms with E-state index in [-0.39, 0.29) is 0 Å². The Kier molecular flexibility index (Phi) is 4.17. The van der Waals surface area contributed by atoms with Crippen molar-refractivity contribution in [2.75, 3.05) is 0 Å². The Morgan fingerprint density at radius 2 is 2.00 bits per heavy atom. The average molecular weight is 256 g/mol. The van der Waals surface area contributed by atoms with Gasteiger partial charge in [0.05, 0.1) is 0 Å². The highest BCUT2D eigenvalue weighted by atomic mass is 35.5. The van der Waals surface area contributed by atoms with Gasteiger partial charge >= 0.3 is 0 Å². The summed E-state index contributed by atoms with van der Waals surface area (Å²) in [6.45, 7) is 2.27. The van der Waals surface area contributed by atoms with Gasteiger partial charge in [-0.1, -0.05) is 30.7 Å². The molecule has 1 nitrogen and oxygen atoms in total. The van der Waals surface area contributed by atoms with Gasteiger partial charge in [-0.2, -0.15) is 11.8 Å². The fourth-order valence-corrected chi connectivity index (χ4v) is 3.71. The van der Waals surface area contributed by atoms with Crippen molar-refractivity contribution >= 4 is 23.4 Å². The molecule has 1 saturated carbocycles. The molecule has 3 heteroatoms. The lowest BCUT2D eigenvalue weighted by Gasteiger charge is -2.17. The minimum Gasteiger partial charge on any atom is -0.327 e.